The van der Waals surface area contributed by atoms with Crippen LogP contribution in [0.2, 0.25) is 0 Å². The van der Waals surface area contributed by atoms with E-state index in [1.165, 1.54) is 11.1 Å². The maximum Gasteiger partial charge on any atom is 0.222 e. The number of likely N-dealkylation sites (tertiary alicyclic amines) is 1. The average Bonchev–Trinajstić information content (AvgIpc) is 2.82. The van der Waals surface area contributed by atoms with Crippen molar-refractivity contribution in [1.29, 1.82) is 0 Å². The Bertz CT molecular complexity index is 458. The number of benzene rings is 1. The van der Waals surface area contributed by atoms with Gasteiger partial charge in [0.2, 0.25) is 5.91 Å². The number of nitrogens with zero attached hydrogens (tertiary/aromatic N) is 1. The number of nitrogens with one attached hydrogen (secondary N) is 1. The van der Waals surface area contributed by atoms with Gasteiger partial charge in [-0.3, -0.25) is 4.79 Å². The van der Waals surface area contributed by atoms with E-state index in [4.69, 9.17) is 0 Å². The molecule has 0 saturated carbocycles. The van der Waals surface area contributed by atoms with Crippen LogP contribution in [0.15, 0.2) is 24.3 Å². The van der Waals surface area contributed by atoms with Gasteiger partial charge in [-0.15, -0.1) is 0 Å². The predicted octanol–water partition coefficient (Wildman–Crippen LogP) is 3.27. The van der Waals surface area contributed by atoms with Crippen LogP contribution >= 0.6 is 0 Å². The number of unbranched alkanes of at least 4 members (excludes halogenated alkanes) is 1. The van der Waals surface area contributed by atoms with Crippen LogP contribution in [0.5, 0.6) is 0 Å². The van der Waals surface area contributed by atoms with Crippen LogP contribution in [0.1, 0.15) is 50.2 Å². The molecule has 1 aromatic carbocycles. The molecule has 1 atom stereocenters. The number of amides is 1. The highest BCUT2D eigenvalue weighted by Gasteiger charge is 2.29. The van der Waals surface area contributed by atoms with Gasteiger partial charge in [0.15, 0.2) is 0 Å². The predicted molar refractivity (Wildman–Crippen MR) is 87.1 cm³/mol. The highest BCUT2D eigenvalue weighted by Crippen LogP contribution is 2.21. The molecule has 1 amide bonds. The van der Waals surface area contributed by atoms with Crippen molar-refractivity contribution in [2.45, 2.75) is 58.5 Å². The molecule has 21 heavy (non-hydrogen) atoms. The standard InChI is InChI=1S/C18H28N2O/c1-3-4-12-20-17(8-9-18(20)21)10-11-19-14-16-7-5-6-15(2)13-16/h5-7,13,17,19H,3-4,8-12,14H2,1-2H3/t17-/m0/s1. The highest BCUT2D eigenvalue weighted by atomic mass is 16.2. The van der Waals surface area contributed by atoms with Crippen molar-refractivity contribution in [2.75, 3.05) is 13.1 Å². The molecule has 0 spiro atoms. The van der Waals surface area contributed by atoms with Crippen molar-refractivity contribution < 1.29 is 4.79 Å². The Hall–Kier alpha value is -1.35. The fourth-order valence-electron chi connectivity index (χ4n) is 3.05. The summed E-state index contributed by atoms with van der Waals surface area (Å²) in [5, 5.41) is 3.51. The van der Waals surface area contributed by atoms with Crippen LogP contribution in [0, 0.1) is 6.92 Å². The molecule has 1 N–H and O–H groups in total. The zero-order chi connectivity index (χ0) is 15.1. The van der Waals surface area contributed by atoms with Gasteiger partial charge >= 0.3 is 0 Å². The molecule has 0 unspecified atom stereocenters. The lowest BCUT2D eigenvalue weighted by Crippen LogP contribution is -2.35. The van der Waals surface area contributed by atoms with Crippen molar-refractivity contribution >= 4 is 5.91 Å². The first-order valence-corrected chi connectivity index (χ1v) is 8.26. The van der Waals surface area contributed by atoms with E-state index in [-0.39, 0.29) is 0 Å². The third kappa shape index (κ3) is 4.85. The number of carbonyl (C=O) groups excluding carboxylic acids is 1. The quantitative estimate of drug-likeness (QED) is 0.745. The Balaban J connectivity index is 1.71. The molecule has 0 aliphatic carbocycles. The van der Waals surface area contributed by atoms with Gasteiger partial charge in [0.25, 0.3) is 0 Å². The van der Waals surface area contributed by atoms with Crippen LogP contribution in [-0.2, 0) is 11.3 Å². The number of carbonyl (C=O) groups is 1. The van der Waals surface area contributed by atoms with Crippen LogP contribution in [0.3, 0.4) is 0 Å². The van der Waals surface area contributed by atoms with Crippen LogP contribution < -0.4 is 5.32 Å². The maximum absolute atomic E-state index is 11.9. The molecule has 116 valence electrons. The van der Waals surface area contributed by atoms with E-state index < -0.39 is 0 Å². The molecule has 0 bridgehead atoms. The Kier molecular flexibility index (Phi) is 6.24. The maximum atomic E-state index is 11.9. The van der Waals surface area contributed by atoms with E-state index in [0.717, 1.165) is 51.7 Å². The largest absolute Gasteiger partial charge is 0.340 e. The molecule has 0 aromatic heterocycles. The summed E-state index contributed by atoms with van der Waals surface area (Å²) in [4.78, 5) is 14.0. The smallest absolute Gasteiger partial charge is 0.222 e. The number of aryl methyl sites for hydroxylation is 1. The lowest BCUT2D eigenvalue weighted by atomic mass is 10.1. The molecule has 1 saturated heterocycles. The first-order chi connectivity index (χ1) is 10.2. The second kappa shape index (κ2) is 8.18. The zero-order valence-corrected chi connectivity index (χ0v) is 13.4. The van der Waals surface area contributed by atoms with Gasteiger partial charge in [0.1, 0.15) is 0 Å². The third-order valence-corrected chi connectivity index (χ3v) is 4.27. The molecule has 1 heterocycles. The van der Waals surface area contributed by atoms with E-state index in [9.17, 15) is 4.79 Å². The minimum Gasteiger partial charge on any atom is -0.340 e. The van der Waals surface area contributed by atoms with Gasteiger partial charge in [-0.25, -0.2) is 0 Å². The Morgan fingerprint density at radius 2 is 2.24 bits per heavy atom. The summed E-state index contributed by atoms with van der Waals surface area (Å²) in [6.07, 6.45) is 5.13. The fraction of sp³-hybridized carbons (Fsp3) is 0.611. The lowest BCUT2D eigenvalue weighted by Gasteiger charge is -2.24. The van der Waals surface area contributed by atoms with Gasteiger partial charge in [0, 0.05) is 25.6 Å². The number of rotatable bonds is 8. The summed E-state index contributed by atoms with van der Waals surface area (Å²) in [6.45, 7) is 7.14. The SMILES string of the molecule is CCCCN1C(=O)CC[C@H]1CCNCc1cccc(C)c1. The van der Waals surface area contributed by atoms with Gasteiger partial charge in [-0.05, 0) is 38.3 Å². The average molecular weight is 288 g/mol. The molecular formula is C18H28N2O. The topological polar surface area (TPSA) is 32.3 Å². The molecule has 1 fully saturated rings. The second-order valence-corrected chi connectivity index (χ2v) is 6.09. The summed E-state index contributed by atoms with van der Waals surface area (Å²) >= 11 is 0. The monoisotopic (exact) mass is 288 g/mol. The lowest BCUT2D eigenvalue weighted by molar-refractivity contribution is -0.129. The second-order valence-electron chi connectivity index (χ2n) is 6.09. The van der Waals surface area contributed by atoms with Gasteiger partial charge in [-0.1, -0.05) is 43.2 Å². The molecule has 1 aliphatic heterocycles. The van der Waals surface area contributed by atoms with Gasteiger partial charge < -0.3 is 10.2 Å². The number of hydrogen-bond acceptors (Lipinski definition) is 2. The van der Waals surface area contributed by atoms with E-state index in [2.05, 4.69) is 48.3 Å². The zero-order valence-electron chi connectivity index (χ0n) is 13.4. The van der Waals surface area contributed by atoms with E-state index in [1.807, 2.05) is 0 Å². The van der Waals surface area contributed by atoms with Crippen LogP contribution in [-0.4, -0.2) is 29.9 Å². The summed E-state index contributed by atoms with van der Waals surface area (Å²) in [5.74, 6) is 0.354. The van der Waals surface area contributed by atoms with Crippen molar-refractivity contribution in [3.8, 4) is 0 Å². The van der Waals surface area contributed by atoms with Crippen molar-refractivity contribution in [2.24, 2.45) is 0 Å². The van der Waals surface area contributed by atoms with Gasteiger partial charge in [0.05, 0.1) is 0 Å². The number of hydrogen-bond donors (Lipinski definition) is 1. The molecule has 1 aromatic rings. The molecule has 0 radical (unpaired) electrons. The summed E-state index contributed by atoms with van der Waals surface area (Å²) in [6, 6.07) is 9.06. The fourth-order valence-corrected chi connectivity index (χ4v) is 3.05. The summed E-state index contributed by atoms with van der Waals surface area (Å²) < 4.78 is 0. The first kappa shape index (κ1) is 16.0. The van der Waals surface area contributed by atoms with E-state index in [1.54, 1.807) is 0 Å². The Morgan fingerprint density at radius 3 is 3.00 bits per heavy atom. The third-order valence-electron chi connectivity index (χ3n) is 4.27. The summed E-state index contributed by atoms with van der Waals surface area (Å²) in [5.41, 5.74) is 2.64. The molecule has 1 aliphatic rings. The van der Waals surface area contributed by atoms with E-state index in [0.29, 0.717) is 11.9 Å². The van der Waals surface area contributed by atoms with Crippen molar-refractivity contribution in [3.05, 3.63) is 35.4 Å². The van der Waals surface area contributed by atoms with Crippen LogP contribution in [0.25, 0.3) is 0 Å². The minimum atomic E-state index is 0.354. The molecule has 3 heteroatoms. The summed E-state index contributed by atoms with van der Waals surface area (Å²) in [7, 11) is 0. The Morgan fingerprint density at radius 1 is 1.38 bits per heavy atom. The normalized spacial score (nSPS) is 18.5. The Labute approximate surface area is 128 Å². The molecule has 2 rings (SSSR count). The highest BCUT2D eigenvalue weighted by molar-refractivity contribution is 5.78. The molecule has 3 nitrogen and oxygen atoms in total. The van der Waals surface area contributed by atoms with E-state index >= 15 is 0 Å². The molecular weight excluding hydrogens is 260 g/mol. The van der Waals surface area contributed by atoms with Crippen LogP contribution in [0.4, 0.5) is 0 Å². The first-order valence-electron chi connectivity index (χ1n) is 8.26. The van der Waals surface area contributed by atoms with Crippen molar-refractivity contribution in [1.82, 2.24) is 10.2 Å². The van der Waals surface area contributed by atoms with Gasteiger partial charge in [-0.2, -0.15) is 0 Å². The van der Waals surface area contributed by atoms with Crippen molar-refractivity contribution in [3.63, 3.8) is 0 Å². The minimum absolute atomic E-state index is 0.354.